The third-order valence-corrected chi connectivity index (χ3v) is 4.15. The van der Waals surface area contributed by atoms with Crippen LogP contribution in [0.4, 0.5) is 0 Å². The average Bonchev–Trinajstić information content (AvgIpc) is 2.80. The van der Waals surface area contributed by atoms with Crippen molar-refractivity contribution in [3.63, 3.8) is 0 Å². The van der Waals surface area contributed by atoms with Gasteiger partial charge in [0.05, 0.1) is 0 Å². The Labute approximate surface area is 143 Å². The Morgan fingerprint density at radius 3 is 2.21 bits per heavy atom. The summed E-state index contributed by atoms with van der Waals surface area (Å²) in [5.74, 6) is 0.662. The van der Waals surface area contributed by atoms with E-state index in [1.807, 2.05) is 32.0 Å². The van der Waals surface area contributed by atoms with Crippen molar-refractivity contribution in [2.45, 2.75) is 20.3 Å². The van der Waals surface area contributed by atoms with E-state index in [2.05, 4.69) is 0 Å². The van der Waals surface area contributed by atoms with Gasteiger partial charge < -0.3 is 19.3 Å². The van der Waals surface area contributed by atoms with E-state index >= 15 is 0 Å². The van der Waals surface area contributed by atoms with E-state index in [0.29, 0.717) is 26.2 Å². The largest absolute Gasteiger partial charge is 0.484 e. The molecular formula is C18H26N2O4. The zero-order chi connectivity index (χ0) is 17.5. The molecule has 6 nitrogen and oxygen atoms in total. The van der Waals surface area contributed by atoms with Crippen LogP contribution in [0.5, 0.6) is 5.75 Å². The molecule has 1 aromatic carbocycles. The molecule has 132 valence electrons. The van der Waals surface area contributed by atoms with Gasteiger partial charge in [-0.1, -0.05) is 17.7 Å². The van der Waals surface area contributed by atoms with Crippen molar-refractivity contribution in [2.24, 2.45) is 0 Å². The third kappa shape index (κ3) is 4.96. The normalized spacial score (nSPS) is 15.1. The summed E-state index contributed by atoms with van der Waals surface area (Å²) in [6.07, 6.45) is 0.769. The van der Waals surface area contributed by atoms with Gasteiger partial charge in [0.2, 0.25) is 5.91 Å². The third-order valence-electron chi connectivity index (χ3n) is 4.15. The topological polar surface area (TPSA) is 59.1 Å². The summed E-state index contributed by atoms with van der Waals surface area (Å²) in [6, 6.07) is 5.90. The lowest BCUT2D eigenvalue weighted by Crippen LogP contribution is -2.40. The first-order chi connectivity index (χ1) is 11.5. The van der Waals surface area contributed by atoms with E-state index in [1.54, 1.807) is 9.80 Å². The summed E-state index contributed by atoms with van der Waals surface area (Å²) in [4.78, 5) is 27.8. The quantitative estimate of drug-likeness (QED) is 0.816. The Morgan fingerprint density at radius 1 is 1.00 bits per heavy atom. The van der Waals surface area contributed by atoms with Crippen LogP contribution in [-0.2, 0) is 14.3 Å². The van der Waals surface area contributed by atoms with E-state index in [1.165, 1.54) is 12.7 Å². The van der Waals surface area contributed by atoms with E-state index in [9.17, 15) is 9.59 Å². The van der Waals surface area contributed by atoms with Crippen molar-refractivity contribution in [3.8, 4) is 5.75 Å². The Balaban J connectivity index is 1.85. The van der Waals surface area contributed by atoms with Gasteiger partial charge in [0, 0.05) is 33.3 Å². The van der Waals surface area contributed by atoms with E-state index in [-0.39, 0.29) is 25.0 Å². The molecule has 1 saturated heterocycles. The highest BCUT2D eigenvalue weighted by Crippen LogP contribution is 2.18. The number of carbonyl (C=O) groups excluding carboxylic acids is 2. The molecule has 1 aliphatic rings. The fourth-order valence-corrected chi connectivity index (χ4v) is 2.82. The second-order valence-electron chi connectivity index (χ2n) is 6.11. The van der Waals surface area contributed by atoms with Crippen LogP contribution in [0.3, 0.4) is 0 Å². The van der Waals surface area contributed by atoms with Crippen LogP contribution in [0.2, 0.25) is 0 Å². The van der Waals surface area contributed by atoms with Crippen LogP contribution in [0.15, 0.2) is 18.2 Å². The van der Waals surface area contributed by atoms with Crippen molar-refractivity contribution >= 4 is 11.8 Å². The smallest absolute Gasteiger partial charge is 0.260 e. The number of rotatable bonds is 5. The van der Waals surface area contributed by atoms with Crippen LogP contribution < -0.4 is 4.74 Å². The van der Waals surface area contributed by atoms with E-state index < -0.39 is 0 Å². The van der Waals surface area contributed by atoms with E-state index in [0.717, 1.165) is 17.7 Å². The van der Waals surface area contributed by atoms with Gasteiger partial charge in [-0.15, -0.1) is 0 Å². The molecule has 0 unspecified atom stereocenters. The maximum absolute atomic E-state index is 12.4. The highest BCUT2D eigenvalue weighted by atomic mass is 16.5. The molecule has 0 saturated carbocycles. The number of methoxy groups -OCH3 is 1. The van der Waals surface area contributed by atoms with Crippen LogP contribution in [0, 0.1) is 13.8 Å². The molecule has 6 heteroatoms. The van der Waals surface area contributed by atoms with Crippen molar-refractivity contribution in [2.75, 3.05) is 46.5 Å². The molecule has 0 aromatic heterocycles. The van der Waals surface area contributed by atoms with Gasteiger partial charge in [0.15, 0.2) is 6.61 Å². The molecular weight excluding hydrogens is 308 g/mol. The van der Waals surface area contributed by atoms with Gasteiger partial charge in [-0.25, -0.2) is 0 Å². The average molecular weight is 334 g/mol. The number of carbonyl (C=O) groups is 2. The summed E-state index contributed by atoms with van der Waals surface area (Å²) in [7, 11) is 1.51. The van der Waals surface area contributed by atoms with Crippen molar-refractivity contribution < 1.29 is 19.1 Å². The lowest BCUT2D eigenvalue weighted by atomic mass is 10.1. The molecule has 0 spiro atoms. The predicted octanol–water partition coefficient (Wildman–Crippen LogP) is 1.39. The van der Waals surface area contributed by atoms with Gasteiger partial charge in [-0.05, 0) is 31.9 Å². The van der Waals surface area contributed by atoms with Crippen molar-refractivity contribution in [1.82, 2.24) is 9.80 Å². The maximum atomic E-state index is 12.4. The number of nitrogens with zero attached hydrogens (tertiary/aromatic N) is 2. The summed E-state index contributed by atoms with van der Waals surface area (Å²) < 4.78 is 10.6. The molecule has 1 aromatic rings. The number of amides is 2. The Kier molecular flexibility index (Phi) is 6.61. The number of benzene rings is 1. The minimum Gasteiger partial charge on any atom is -0.484 e. The second-order valence-corrected chi connectivity index (χ2v) is 6.11. The maximum Gasteiger partial charge on any atom is 0.260 e. The first-order valence-electron chi connectivity index (χ1n) is 8.26. The lowest BCUT2D eigenvalue weighted by Gasteiger charge is -2.22. The number of ether oxygens (including phenoxy) is 2. The first-order valence-corrected chi connectivity index (χ1v) is 8.26. The standard InChI is InChI=1S/C18H26N2O4/c1-14-5-6-16(15(2)11-14)24-13-18(22)20-8-4-7-19(9-10-20)17(21)12-23-3/h5-6,11H,4,7-10,12-13H2,1-3H3. The summed E-state index contributed by atoms with van der Waals surface area (Å²) >= 11 is 0. The summed E-state index contributed by atoms with van der Waals surface area (Å²) in [5.41, 5.74) is 2.19. The van der Waals surface area contributed by atoms with Crippen LogP contribution in [-0.4, -0.2) is 68.1 Å². The molecule has 0 aliphatic carbocycles. The monoisotopic (exact) mass is 334 g/mol. The van der Waals surface area contributed by atoms with Crippen molar-refractivity contribution in [1.29, 1.82) is 0 Å². The fraction of sp³-hybridized carbons (Fsp3) is 0.556. The summed E-state index contributed by atoms with van der Waals surface area (Å²) in [5, 5.41) is 0. The van der Waals surface area contributed by atoms with Gasteiger partial charge in [-0.3, -0.25) is 9.59 Å². The zero-order valence-corrected chi connectivity index (χ0v) is 14.7. The highest BCUT2D eigenvalue weighted by Gasteiger charge is 2.22. The molecule has 0 N–H and O–H groups in total. The molecule has 1 heterocycles. The van der Waals surface area contributed by atoms with Gasteiger partial charge in [0.1, 0.15) is 12.4 Å². The minimum atomic E-state index is -0.0454. The van der Waals surface area contributed by atoms with Gasteiger partial charge in [-0.2, -0.15) is 0 Å². The SMILES string of the molecule is COCC(=O)N1CCCN(C(=O)COc2ccc(C)cc2C)CC1. The molecule has 24 heavy (non-hydrogen) atoms. The Hall–Kier alpha value is -2.08. The Bertz CT molecular complexity index is 588. The molecule has 2 rings (SSSR count). The van der Waals surface area contributed by atoms with Gasteiger partial charge in [0.25, 0.3) is 5.91 Å². The molecule has 1 aliphatic heterocycles. The molecule has 0 bridgehead atoms. The lowest BCUT2D eigenvalue weighted by molar-refractivity contribution is -0.136. The highest BCUT2D eigenvalue weighted by molar-refractivity contribution is 5.79. The minimum absolute atomic E-state index is 0.0237. The van der Waals surface area contributed by atoms with Crippen LogP contribution in [0.25, 0.3) is 0 Å². The molecule has 0 radical (unpaired) electrons. The molecule has 1 fully saturated rings. The first kappa shape index (κ1) is 18.3. The van der Waals surface area contributed by atoms with Crippen molar-refractivity contribution in [3.05, 3.63) is 29.3 Å². The van der Waals surface area contributed by atoms with Crippen LogP contribution >= 0.6 is 0 Å². The number of hydrogen-bond acceptors (Lipinski definition) is 4. The molecule has 0 atom stereocenters. The van der Waals surface area contributed by atoms with Gasteiger partial charge >= 0.3 is 0 Å². The summed E-state index contributed by atoms with van der Waals surface area (Å²) in [6.45, 7) is 6.48. The predicted molar refractivity (Wildman–Crippen MR) is 91.1 cm³/mol. The fourth-order valence-electron chi connectivity index (χ4n) is 2.82. The van der Waals surface area contributed by atoms with Crippen LogP contribution in [0.1, 0.15) is 17.5 Å². The van der Waals surface area contributed by atoms with E-state index in [4.69, 9.17) is 9.47 Å². The number of aryl methyl sites for hydroxylation is 2. The second kappa shape index (κ2) is 8.68. The Morgan fingerprint density at radius 2 is 1.62 bits per heavy atom. The number of hydrogen-bond donors (Lipinski definition) is 0. The molecule has 2 amide bonds. The zero-order valence-electron chi connectivity index (χ0n) is 14.7.